The van der Waals surface area contributed by atoms with Crippen LogP contribution in [-0.4, -0.2) is 37.6 Å². The highest BCUT2D eigenvalue weighted by molar-refractivity contribution is 5.85. The zero-order chi connectivity index (χ0) is 10.6. The van der Waals surface area contributed by atoms with Gasteiger partial charge in [-0.25, -0.2) is 8.78 Å². The van der Waals surface area contributed by atoms with Crippen LogP contribution in [-0.2, 0) is 9.53 Å². The summed E-state index contributed by atoms with van der Waals surface area (Å²) in [6.07, 6.45) is 0.828. The quantitative estimate of drug-likeness (QED) is 0.748. The number of carbonyl (C=O) groups is 1. The molecule has 3 N–H and O–H groups in total. The Balaban J connectivity index is 0.00000196. The standard InChI is InChI=1S/C8H14F2N2O2.ClH/c9-8(10,4-11)5-12-7(13)6-2-1-3-14-6;/h6H,1-5,11H2,(H,12,13);1H/t6-;/m0./s1. The Hall–Kier alpha value is -0.460. The molecule has 4 nitrogen and oxygen atoms in total. The first-order valence-corrected chi connectivity index (χ1v) is 4.52. The average molecular weight is 245 g/mol. The van der Waals surface area contributed by atoms with Crippen LogP contribution in [0.1, 0.15) is 12.8 Å². The molecule has 1 fully saturated rings. The van der Waals surface area contributed by atoms with Gasteiger partial charge >= 0.3 is 0 Å². The highest BCUT2D eigenvalue weighted by Crippen LogP contribution is 2.13. The number of amides is 1. The lowest BCUT2D eigenvalue weighted by atomic mass is 10.2. The first kappa shape index (κ1) is 14.5. The minimum absolute atomic E-state index is 0. The fourth-order valence-electron chi connectivity index (χ4n) is 1.19. The van der Waals surface area contributed by atoms with Crippen molar-refractivity contribution in [2.75, 3.05) is 19.7 Å². The second-order valence-corrected chi connectivity index (χ2v) is 3.28. The largest absolute Gasteiger partial charge is 0.368 e. The van der Waals surface area contributed by atoms with Gasteiger partial charge in [0, 0.05) is 6.61 Å². The van der Waals surface area contributed by atoms with Gasteiger partial charge in [-0.15, -0.1) is 12.4 Å². The Morgan fingerprint density at radius 2 is 2.27 bits per heavy atom. The molecule has 0 aromatic heterocycles. The SMILES string of the molecule is Cl.NCC(F)(F)CNC(=O)[C@@H]1CCCO1. The third-order valence-corrected chi connectivity index (χ3v) is 2.04. The summed E-state index contributed by atoms with van der Waals surface area (Å²) >= 11 is 0. The molecule has 0 spiro atoms. The van der Waals surface area contributed by atoms with Gasteiger partial charge in [0.15, 0.2) is 0 Å². The van der Waals surface area contributed by atoms with Crippen LogP contribution in [0, 0.1) is 0 Å². The number of nitrogens with one attached hydrogen (secondary N) is 1. The van der Waals surface area contributed by atoms with Crippen molar-refractivity contribution in [3.8, 4) is 0 Å². The van der Waals surface area contributed by atoms with E-state index in [9.17, 15) is 13.6 Å². The number of alkyl halides is 2. The lowest BCUT2D eigenvalue weighted by molar-refractivity contribution is -0.131. The van der Waals surface area contributed by atoms with Crippen molar-refractivity contribution in [2.24, 2.45) is 5.73 Å². The van der Waals surface area contributed by atoms with E-state index in [1.165, 1.54) is 0 Å². The van der Waals surface area contributed by atoms with Crippen molar-refractivity contribution >= 4 is 18.3 Å². The average Bonchev–Trinajstić information content (AvgIpc) is 2.67. The van der Waals surface area contributed by atoms with Crippen molar-refractivity contribution in [2.45, 2.75) is 24.9 Å². The number of nitrogens with two attached hydrogens (primary N) is 1. The predicted octanol–water partition coefficient (Wildman–Crippen LogP) is 0.297. The molecule has 0 aromatic rings. The highest BCUT2D eigenvalue weighted by Gasteiger charge is 2.30. The number of carbonyl (C=O) groups excluding carboxylic acids is 1. The fraction of sp³-hybridized carbons (Fsp3) is 0.875. The van der Waals surface area contributed by atoms with E-state index in [1.54, 1.807) is 0 Å². The topological polar surface area (TPSA) is 64.3 Å². The second-order valence-electron chi connectivity index (χ2n) is 3.28. The molecule has 1 aliphatic heterocycles. The van der Waals surface area contributed by atoms with Crippen LogP contribution < -0.4 is 11.1 Å². The van der Waals surface area contributed by atoms with Gasteiger partial charge in [-0.2, -0.15) is 0 Å². The molecule has 0 saturated carbocycles. The summed E-state index contributed by atoms with van der Waals surface area (Å²) in [6, 6.07) is 0. The van der Waals surface area contributed by atoms with E-state index in [-0.39, 0.29) is 12.4 Å². The van der Waals surface area contributed by atoms with Crippen molar-refractivity contribution < 1.29 is 18.3 Å². The van der Waals surface area contributed by atoms with Crippen LogP contribution in [0.3, 0.4) is 0 Å². The Bertz CT molecular complexity index is 211. The highest BCUT2D eigenvalue weighted by atomic mass is 35.5. The molecular weight excluding hydrogens is 230 g/mol. The van der Waals surface area contributed by atoms with Gasteiger partial charge < -0.3 is 15.8 Å². The molecule has 0 aromatic carbocycles. The minimum atomic E-state index is -3.03. The normalized spacial score (nSPS) is 20.9. The van der Waals surface area contributed by atoms with Crippen molar-refractivity contribution in [1.29, 1.82) is 0 Å². The maximum Gasteiger partial charge on any atom is 0.277 e. The Kier molecular flexibility index (Phi) is 6.00. The molecule has 0 aliphatic carbocycles. The molecule has 0 radical (unpaired) electrons. The van der Waals surface area contributed by atoms with E-state index >= 15 is 0 Å². The minimum Gasteiger partial charge on any atom is -0.368 e. The lowest BCUT2D eigenvalue weighted by Crippen LogP contribution is -2.44. The van der Waals surface area contributed by atoms with E-state index in [4.69, 9.17) is 10.5 Å². The van der Waals surface area contributed by atoms with Gasteiger partial charge in [0.2, 0.25) is 5.91 Å². The summed E-state index contributed by atoms with van der Waals surface area (Å²) in [4.78, 5) is 11.2. The van der Waals surface area contributed by atoms with Crippen LogP contribution in [0.4, 0.5) is 8.78 Å². The Labute approximate surface area is 92.9 Å². The van der Waals surface area contributed by atoms with E-state index in [1.807, 2.05) is 0 Å². The molecule has 1 amide bonds. The first-order chi connectivity index (χ1) is 6.55. The van der Waals surface area contributed by atoms with Crippen LogP contribution in [0.15, 0.2) is 0 Å². The molecule has 0 unspecified atom stereocenters. The Morgan fingerprint density at radius 3 is 2.73 bits per heavy atom. The number of halogens is 3. The molecule has 1 rings (SSSR count). The summed E-state index contributed by atoms with van der Waals surface area (Å²) in [5, 5.41) is 2.12. The number of rotatable bonds is 4. The summed E-state index contributed by atoms with van der Waals surface area (Å²) in [5.74, 6) is -3.51. The first-order valence-electron chi connectivity index (χ1n) is 4.52. The van der Waals surface area contributed by atoms with Crippen molar-refractivity contribution in [1.82, 2.24) is 5.32 Å². The Morgan fingerprint density at radius 1 is 1.60 bits per heavy atom. The van der Waals surface area contributed by atoms with E-state index < -0.39 is 31.0 Å². The molecule has 0 bridgehead atoms. The van der Waals surface area contributed by atoms with Gasteiger partial charge in [-0.3, -0.25) is 4.79 Å². The van der Waals surface area contributed by atoms with Crippen LogP contribution >= 0.6 is 12.4 Å². The monoisotopic (exact) mass is 244 g/mol. The van der Waals surface area contributed by atoms with Crippen molar-refractivity contribution in [3.63, 3.8) is 0 Å². The lowest BCUT2D eigenvalue weighted by Gasteiger charge is -2.16. The van der Waals surface area contributed by atoms with Gasteiger partial charge in [0.1, 0.15) is 6.10 Å². The molecular formula is C8H15ClF2N2O2. The van der Waals surface area contributed by atoms with Gasteiger partial charge in [-0.1, -0.05) is 0 Å². The third-order valence-electron chi connectivity index (χ3n) is 2.04. The van der Waals surface area contributed by atoms with Gasteiger partial charge in [-0.05, 0) is 12.8 Å². The molecule has 7 heteroatoms. The zero-order valence-corrected chi connectivity index (χ0v) is 8.99. The summed E-state index contributed by atoms with van der Waals surface area (Å²) in [6.45, 7) is -0.966. The van der Waals surface area contributed by atoms with E-state index in [2.05, 4.69) is 5.32 Å². The van der Waals surface area contributed by atoms with E-state index in [0.717, 1.165) is 6.42 Å². The molecule has 1 saturated heterocycles. The molecule has 15 heavy (non-hydrogen) atoms. The van der Waals surface area contributed by atoms with Gasteiger partial charge in [0.05, 0.1) is 13.1 Å². The predicted molar refractivity (Wildman–Crippen MR) is 53.2 cm³/mol. The second kappa shape index (κ2) is 6.19. The van der Waals surface area contributed by atoms with E-state index in [0.29, 0.717) is 13.0 Å². The maximum atomic E-state index is 12.6. The van der Waals surface area contributed by atoms with Crippen LogP contribution in [0.25, 0.3) is 0 Å². The molecule has 1 atom stereocenters. The summed E-state index contributed by atoms with van der Waals surface area (Å²) < 4.78 is 30.3. The number of hydrogen-bond donors (Lipinski definition) is 2. The number of ether oxygens (including phenoxy) is 1. The smallest absolute Gasteiger partial charge is 0.277 e. The molecule has 1 aliphatic rings. The summed E-state index contributed by atoms with van der Waals surface area (Å²) in [7, 11) is 0. The third kappa shape index (κ3) is 4.72. The fourth-order valence-corrected chi connectivity index (χ4v) is 1.19. The summed E-state index contributed by atoms with van der Waals surface area (Å²) in [5.41, 5.74) is 4.81. The van der Waals surface area contributed by atoms with Crippen molar-refractivity contribution in [3.05, 3.63) is 0 Å². The zero-order valence-electron chi connectivity index (χ0n) is 8.17. The van der Waals surface area contributed by atoms with Crippen LogP contribution in [0.2, 0.25) is 0 Å². The van der Waals surface area contributed by atoms with Crippen LogP contribution in [0.5, 0.6) is 0 Å². The molecule has 90 valence electrons. The maximum absolute atomic E-state index is 12.6. The van der Waals surface area contributed by atoms with Gasteiger partial charge in [0.25, 0.3) is 5.92 Å². The number of hydrogen-bond acceptors (Lipinski definition) is 3. The molecule has 1 heterocycles.